The molecule has 1 aromatic heterocycles. The molecule has 0 bridgehead atoms. The van der Waals surface area contributed by atoms with E-state index < -0.39 is 11.0 Å². The lowest BCUT2D eigenvalue weighted by atomic mass is 10.0. The number of rotatable bonds is 6. The van der Waals surface area contributed by atoms with E-state index in [4.69, 9.17) is 0 Å². The van der Waals surface area contributed by atoms with Crippen molar-refractivity contribution < 1.29 is 10.0 Å². The number of nitro groups is 1. The Hall–Kier alpha value is -1.73. The van der Waals surface area contributed by atoms with Gasteiger partial charge in [0.1, 0.15) is 12.4 Å². The summed E-state index contributed by atoms with van der Waals surface area (Å²) in [5.74, 6) is 0. The second-order valence-electron chi connectivity index (χ2n) is 4.72. The molecular weight excluding hydrogens is 248 g/mol. The Bertz CT molecular complexity index is 458. The molecule has 0 amide bonds. The lowest BCUT2D eigenvalue weighted by Crippen LogP contribution is -2.37. The smallest absolute Gasteiger partial charge is 0.306 e. The van der Waals surface area contributed by atoms with Crippen molar-refractivity contribution in [2.75, 3.05) is 6.54 Å². The highest BCUT2D eigenvalue weighted by atomic mass is 16.6. The summed E-state index contributed by atoms with van der Waals surface area (Å²) in [4.78, 5) is 10.0. The van der Waals surface area contributed by atoms with Gasteiger partial charge in [0.05, 0.1) is 17.6 Å². The maximum Gasteiger partial charge on any atom is 0.306 e. The van der Waals surface area contributed by atoms with Gasteiger partial charge >= 0.3 is 5.69 Å². The van der Waals surface area contributed by atoms with E-state index in [-0.39, 0.29) is 12.2 Å². The first-order chi connectivity index (χ1) is 9.15. The van der Waals surface area contributed by atoms with Crippen LogP contribution in [0.25, 0.3) is 0 Å². The van der Waals surface area contributed by atoms with Crippen molar-refractivity contribution in [3.05, 3.63) is 34.7 Å². The second-order valence-corrected chi connectivity index (χ2v) is 4.72. The molecule has 0 saturated heterocycles. The number of nitrogens with zero attached hydrogens (tertiary/aromatic N) is 3. The Kier molecular flexibility index (Phi) is 4.64. The Morgan fingerprint density at radius 1 is 1.63 bits per heavy atom. The molecule has 1 aliphatic carbocycles. The molecule has 19 heavy (non-hydrogen) atoms. The molecule has 7 nitrogen and oxygen atoms in total. The number of nitrogens with one attached hydrogen (secondary N) is 1. The zero-order chi connectivity index (χ0) is 13.7. The predicted molar refractivity (Wildman–Crippen MR) is 69.7 cm³/mol. The molecule has 0 saturated carbocycles. The van der Waals surface area contributed by atoms with Gasteiger partial charge in [-0.05, 0) is 19.3 Å². The van der Waals surface area contributed by atoms with Crippen LogP contribution in [-0.2, 0) is 6.54 Å². The van der Waals surface area contributed by atoms with Crippen molar-refractivity contribution in [2.24, 2.45) is 0 Å². The predicted octanol–water partition coefficient (Wildman–Crippen LogP) is 0.850. The molecule has 104 valence electrons. The van der Waals surface area contributed by atoms with Crippen LogP contribution in [0.5, 0.6) is 0 Å². The molecule has 1 aromatic rings. The molecule has 2 N–H and O–H groups in total. The van der Waals surface area contributed by atoms with Gasteiger partial charge in [0.2, 0.25) is 0 Å². The van der Waals surface area contributed by atoms with Gasteiger partial charge in [-0.1, -0.05) is 12.2 Å². The molecule has 2 unspecified atom stereocenters. The number of aliphatic hydroxyl groups excluding tert-OH is 1. The van der Waals surface area contributed by atoms with Crippen LogP contribution in [0, 0.1) is 10.1 Å². The van der Waals surface area contributed by atoms with Gasteiger partial charge in [-0.2, -0.15) is 5.10 Å². The molecule has 0 aliphatic heterocycles. The molecule has 0 fully saturated rings. The Balaban J connectivity index is 1.75. The molecule has 0 spiro atoms. The Morgan fingerprint density at radius 2 is 2.47 bits per heavy atom. The van der Waals surface area contributed by atoms with Crippen LogP contribution >= 0.6 is 0 Å². The Labute approximate surface area is 111 Å². The summed E-state index contributed by atoms with van der Waals surface area (Å²) >= 11 is 0. The fraction of sp³-hybridized carbons (Fsp3) is 0.583. The van der Waals surface area contributed by atoms with Gasteiger partial charge in [-0.25, -0.2) is 0 Å². The average molecular weight is 266 g/mol. The van der Waals surface area contributed by atoms with E-state index in [0.717, 1.165) is 19.3 Å². The Morgan fingerprint density at radius 3 is 3.11 bits per heavy atom. The lowest BCUT2D eigenvalue weighted by molar-refractivity contribution is -0.385. The summed E-state index contributed by atoms with van der Waals surface area (Å²) in [5.41, 5.74) is -0.0578. The largest absolute Gasteiger partial charge is 0.390 e. The normalized spacial score (nSPS) is 20.4. The summed E-state index contributed by atoms with van der Waals surface area (Å²) in [6, 6.07) is 0.409. The summed E-state index contributed by atoms with van der Waals surface area (Å²) in [7, 11) is 0. The zero-order valence-electron chi connectivity index (χ0n) is 10.6. The van der Waals surface area contributed by atoms with Crippen molar-refractivity contribution in [2.45, 2.75) is 38.0 Å². The minimum Gasteiger partial charge on any atom is -0.390 e. The summed E-state index contributed by atoms with van der Waals surface area (Å²) < 4.78 is 1.39. The SMILES string of the molecule is O=[N+]([O-])c1cnn(CC(O)CNC2CC=CCC2)c1. The highest BCUT2D eigenvalue weighted by Crippen LogP contribution is 2.11. The number of allylic oxidation sites excluding steroid dienone is 1. The first-order valence-electron chi connectivity index (χ1n) is 6.38. The molecule has 1 aliphatic rings. The van der Waals surface area contributed by atoms with Gasteiger partial charge in [0.25, 0.3) is 0 Å². The van der Waals surface area contributed by atoms with E-state index in [1.807, 2.05) is 0 Å². The standard InChI is InChI=1S/C12H18N4O3/c17-12(7-13-10-4-2-1-3-5-10)9-15-8-11(6-14-15)16(18)19/h1-2,6,8,10,12-13,17H,3-5,7,9H2. The average Bonchev–Trinajstić information content (AvgIpc) is 2.86. The second kappa shape index (κ2) is 6.44. The maximum atomic E-state index is 10.5. The van der Waals surface area contributed by atoms with Gasteiger partial charge < -0.3 is 10.4 Å². The minimum absolute atomic E-state index is 0.0578. The van der Waals surface area contributed by atoms with E-state index in [0.29, 0.717) is 12.6 Å². The van der Waals surface area contributed by atoms with E-state index in [2.05, 4.69) is 22.6 Å². The fourth-order valence-electron chi connectivity index (χ4n) is 2.11. The van der Waals surface area contributed by atoms with E-state index in [1.165, 1.54) is 17.1 Å². The van der Waals surface area contributed by atoms with E-state index >= 15 is 0 Å². The molecule has 0 radical (unpaired) electrons. The van der Waals surface area contributed by atoms with Crippen LogP contribution in [0.15, 0.2) is 24.5 Å². The summed E-state index contributed by atoms with van der Waals surface area (Å²) in [6.07, 6.45) is 9.35. The van der Waals surface area contributed by atoms with Crippen LogP contribution in [0.2, 0.25) is 0 Å². The molecule has 0 aromatic carbocycles. The van der Waals surface area contributed by atoms with Crippen LogP contribution in [0.1, 0.15) is 19.3 Å². The first kappa shape index (κ1) is 13.7. The number of aliphatic hydroxyl groups is 1. The van der Waals surface area contributed by atoms with Crippen molar-refractivity contribution in [1.82, 2.24) is 15.1 Å². The van der Waals surface area contributed by atoms with E-state index in [1.54, 1.807) is 0 Å². The van der Waals surface area contributed by atoms with Crippen LogP contribution in [-0.4, -0.2) is 38.5 Å². The number of hydrogen-bond acceptors (Lipinski definition) is 5. The van der Waals surface area contributed by atoms with Crippen molar-refractivity contribution in [1.29, 1.82) is 0 Å². The summed E-state index contributed by atoms with van der Waals surface area (Å²) in [6.45, 7) is 0.718. The summed E-state index contributed by atoms with van der Waals surface area (Å²) in [5, 5.41) is 27.5. The third kappa shape index (κ3) is 4.15. The van der Waals surface area contributed by atoms with Gasteiger partial charge in [0, 0.05) is 12.6 Å². The van der Waals surface area contributed by atoms with Crippen LogP contribution in [0.3, 0.4) is 0 Å². The highest BCUT2D eigenvalue weighted by Gasteiger charge is 2.14. The third-order valence-corrected chi connectivity index (χ3v) is 3.14. The van der Waals surface area contributed by atoms with Crippen molar-refractivity contribution >= 4 is 5.69 Å². The first-order valence-corrected chi connectivity index (χ1v) is 6.38. The topological polar surface area (TPSA) is 93.2 Å². The maximum absolute atomic E-state index is 10.5. The number of hydrogen-bond donors (Lipinski definition) is 2. The lowest BCUT2D eigenvalue weighted by Gasteiger charge is -2.21. The monoisotopic (exact) mass is 266 g/mol. The molecule has 7 heteroatoms. The van der Waals surface area contributed by atoms with Gasteiger partial charge in [-0.15, -0.1) is 0 Å². The molecule has 1 heterocycles. The van der Waals surface area contributed by atoms with E-state index in [9.17, 15) is 15.2 Å². The highest BCUT2D eigenvalue weighted by molar-refractivity contribution is 5.20. The zero-order valence-corrected chi connectivity index (χ0v) is 10.6. The quantitative estimate of drug-likeness (QED) is 0.452. The van der Waals surface area contributed by atoms with Crippen LogP contribution < -0.4 is 5.32 Å². The van der Waals surface area contributed by atoms with Crippen LogP contribution in [0.4, 0.5) is 5.69 Å². The number of aromatic nitrogens is 2. The third-order valence-electron chi connectivity index (χ3n) is 3.14. The minimum atomic E-state index is -0.606. The van der Waals surface area contributed by atoms with Gasteiger partial charge in [-0.3, -0.25) is 14.8 Å². The van der Waals surface area contributed by atoms with Gasteiger partial charge in [0.15, 0.2) is 0 Å². The molecular formula is C12H18N4O3. The molecule has 2 atom stereocenters. The van der Waals surface area contributed by atoms with Crippen molar-refractivity contribution in [3.63, 3.8) is 0 Å². The van der Waals surface area contributed by atoms with Crippen molar-refractivity contribution in [3.8, 4) is 0 Å². The molecule has 2 rings (SSSR count). The fourth-order valence-corrected chi connectivity index (χ4v) is 2.11.